The highest BCUT2D eigenvalue weighted by molar-refractivity contribution is 6.30. The van der Waals surface area contributed by atoms with E-state index in [1.54, 1.807) is 10.9 Å². The van der Waals surface area contributed by atoms with Crippen LogP contribution in [0.4, 0.5) is 0 Å². The normalized spacial score (nSPS) is 15.7. The van der Waals surface area contributed by atoms with Gasteiger partial charge in [0.2, 0.25) is 0 Å². The first-order valence-electron chi connectivity index (χ1n) is 7.19. The van der Waals surface area contributed by atoms with Crippen LogP contribution >= 0.6 is 11.6 Å². The van der Waals surface area contributed by atoms with Crippen LogP contribution in [0, 0.1) is 0 Å². The fraction of sp³-hybridized carbons (Fsp3) is 0.500. The minimum Gasteiger partial charge on any atom is -0.297 e. The Morgan fingerprint density at radius 1 is 1.38 bits per heavy atom. The molecule has 2 heterocycles. The zero-order chi connectivity index (χ0) is 15.0. The molecule has 0 radical (unpaired) electrons. The predicted octanol–water partition coefficient (Wildman–Crippen LogP) is 2.05. The molecule has 0 aliphatic heterocycles. The summed E-state index contributed by atoms with van der Waals surface area (Å²) in [4.78, 5) is 27.4. The first-order chi connectivity index (χ1) is 10.1. The zero-order valence-corrected chi connectivity index (χ0v) is 12.6. The molecule has 7 heteroatoms. The SMILES string of the molecule is CCn1cc(-n2c(=O)[nH]c(Cl)c(C3CCCC3)c2=O)cn1. The van der Waals surface area contributed by atoms with Crippen LogP contribution in [0.25, 0.3) is 5.69 Å². The summed E-state index contributed by atoms with van der Waals surface area (Å²) in [5.74, 6) is 0.134. The quantitative estimate of drug-likeness (QED) is 0.882. The van der Waals surface area contributed by atoms with Crippen LogP contribution in [0.15, 0.2) is 22.0 Å². The highest BCUT2D eigenvalue weighted by Gasteiger charge is 2.25. The molecule has 1 aliphatic rings. The monoisotopic (exact) mass is 308 g/mol. The lowest BCUT2D eigenvalue weighted by atomic mass is 10.0. The third kappa shape index (κ3) is 2.44. The van der Waals surface area contributed by atoms with Crippen molar-refractivity contribution in [2.24, 2.45) is 0 Å². The molecular formula is C14H17ClN4O2. The Hall–Kier alpha value is -1.82. The fourth-order valence-corrected chi connectivity index (χ4v) is 3.28. The van der Waals surface area contributed by atoms with Crippen LogP contribution < -0.4 is 11.2 Å². The topological polar surface area (TPSA) is 72.7 Å². The molecule has 1 aliphatic carbocycles. The van der Waals surface area contributed by atoms with Gasteiger partial charge in [0.15, 0.2) is 0 Å². The smallest absolute Gasteiger partial charge is 0.297 e. The second-order valence-corrected chi connectivity index (χ2v) is 5.71. The maximum Gasteiger partial charge on any atom is 0.334 e. The number of nitrogens with one attached hydrogen (secondary N) is 1. The van der Waals surface area contributed by atoms with Crippen molar-refractivity contribution in [3.8, 4) is 5.69 Å². The molecule has 1 fully saturated rings. The van der Waals surface area contributed by atoms with Gasteiger partial charge in [0, 0.05) is 12.7 Å². The lowest BCUT2D eigenvalue weighted by Crippen LogP contribution is -2.36. The van der Waals surface area contributed by atoms with Crippen molar-refractivity contribution < 1.29 is 0 Å². The number of aromatic nitrogens is 4. The van der Waals surface area contributed by atoms with Crippen molar-refractivity contribution in [2.45, 2.75) is 45.1 Å². The minimum absolute atomic E-state index is 0.134. The van der Waals surface area contributed by atoms with Crippen LogP contribution in [-0.2, 0) is 6.54 Å². The molecule has 0 aromatic carbocycles. The van der Waals surface area contributed by atoms with E-state index in [-0.39, 0.29) is 16.6 Å². The van der Waals surface area contributed by atoms with E-state index in [9.17, 15) is 9.59 Å². The third-order valence-corrected chi connectivity index (χ3v) is 4.35. The highest BCUT2D eigenvalue weighted by Crippen LogP contribution is 2.34. The fourth-order valence-electron chi connectivity index (χ4n) is 2.97. The van der Waals surface area contributed by atoms with Gasteiger partial charge in [-0.2, -0.15) is 5.10 Å². The zero-order valence-electron chi connectivity index (χ0n) is 11.8. The first kappa shape index (κ1) is 14.1. The van der Waals surface area contributed by atoms with Gasteiger partial charge in [-0.15, -0.1) is 0 Å². The van der Waals surface area contributed by atoms with E-state index in [1.807, 2.05) is 6.92 Å². The number of halogens is 1. The molecule has 0 spiro atoms. The number of nitrogens with zero attached hydrogens (tertiary/aromatic N) is 3. The molecule has 0 bridgehead atoms. The average molecular weight is 309 g/mol. The summed E-state index contributed by atoms with van der Waals surface area (Å²) in [7, 11) is 0. The molecule has 112 valence electrons. The second-order valence-electron chi connectivity index (χ2n) is 5.33. The Labute approximate surface area is 126 Å². The Balaban J connectivity index is 2.18. The van der Waals surface area contributed by atoms with Crippen molar-refractivity contribution in [2.75, 3.05) is 0 Å². The predicted molar refractivity (Wildman–Crippen MR) is 80.3 cm³/mol. The van der Waals surface area contributed by atoms with Crippen molar-refractivity contribution >= 4 is 11.6 Å². The van der Waals surface area contributed by atoms with Crippen LogP contribution in [0.5, 0.6) is 0 Å². The van der Waals surface area contributed by atoms with Gasteiger partial charge in [-0.1, -0.05) is 24.4 Å². The molecule has 2 aromatic rings. The summed E-state index contributed by atoms with van der Waals surface area (Å²) in [6, 6.07) is 0. The molecule has 21 heavy (non-hydrogen) atoms. The summed E-state index contributed by atoms with van der Waals surface area (Å²) in [5.41, 5.74) is 0.144. The Morgan fingerprint density at radius 3 is 2.71 bits per heavy atom. The van der Waals surface area contributed by atoms with Gasteiger partial charge in [0.05, 0.1) is 17.4 Å². The number of hydrogen-bond donors (Lipinski definition) is 1. The van der Waals surface area contributed by atoms with Crippen molar-refractivity contribution in [1.29, 1.82) is 0 Å². The van der Waals surface area contributed by atoms with E-state index in [0.29, 0.717) is 17.8 Å². The summed E-state index contributed by atoms with van der Waals surface area (Å²) in [6.07, 6.45) is 7.26. The average Bonchev–Trinajstić information content (AvgIpc) is 3.09. The van der Waals surface area contributed by atoms with E-state index in [0.717, 1.165) is 30.3 Å². The summed E-state index contributed by atoms with van der Waals surface area (Å²) in [6.45, 7) is 2.62. The van der Waals surface area contributed by atoms with E-state index in [2.05, 4.69) is 10.1 Å². The molecule has 2 aromatic heterocycles. The summed E-state index contributed by atoms with van der Waals surface area (Å²) >= 11 is 6.12. The Kier molecular flexibility index (Phi) is 3.71. The lowest BCUT2D eigenvalue weighted by molar-refractivity contribution is 0.658. The molecule has 0 unspecified atom stereocenters. The van der Waals surface area contributed by atoms with Crippen LogP contribution in [0.2, 0.25) is 5.15 Å². The van der Waals surface area contributed by atoms with Crippen molar-refractivity contribution in [3.05, 3.63) is 43.9 Å². The molecule has 1 N–H and O–H groups in total. The van der Waals surface area contributed by atoms with Crippen molar-refractivity contribution in [1.82, 2.24) is 19.3 Å². The number of rotatable bonds is 3. The second kappa shape index (κ2) is 5.52. The maximum atomic E-state index is 12.7. The first-order valence-corrected chi connectivity index (χ1v) is 7.57. The standard InChI is InChI=1S/C14H17ClN4O2/c1-2-18-8-10(7-16-18)19-13(20)11(9-5-3-4-6-9)12(15)17-14(19)21/h7-9H,2-6H2,1H3,(H,17,21). The van der Waals surface area contributed by atoms with Crippen LogP contribution in [-0.4, -0.2) is 19.3 Å². The number of H-pyrrole nitrogens is 1. The Morgan fingerprint density at radius 2 is 2.10 bits per heavy atom. The van der Waals surface area contributed by atoms with Crippen molar-refractivity contribution in [3.63, 3.8) is 0 Å². The number of aromatic amines is 1. The molecule has 0 amide bonds. The number of aryl methyl sites for hydroxylation is 1. The van der Waals surface area contributed by atoms with Gasteiger partial charge in [0.25, 0.3) is 5.56 Å². The van der Waals surface area contributed by atoms with Crippen LogP contribution in [0.1, 0.15) is 44.1 Å². The highest BCUT2D eigenvalue weighted by atomic mass is 35.5. The van der Waals surface area contributed by atoms with Gasteiger partial charge in [-0.3, -0.25) is 14.5 Å². The van der Waals surface area contributed by atoms with Crippen LogP contribution in [0.3, 0.4) is 0 Å². The van der Waals surface area contributed by atoms with Gasteiger partial charge < -0.3 is 0 Å². The maximum absolute atomic E-state index is 12.7. The molecule has 6 nitrogen and oxygen atoms in total. The third-order valence-electron chi connectivity index (χ3n) is 4.05. The van der Waals surface area contributed by atoms with Gasteiger partial charge in [0.1, 0.15) is 5.15 Å². The Bertz CT molecular complexity index is 768. The molecule has 0 saturated heterocycles. The lowest BCUT2D eigenvalue weighted by Gasteiger charge is -2.12. The summed E-state index contributed by atoms with van der Waals surface area (Å²) < 4.78 is 2.80. The number of hydrogen-bond acceptors (Lipinski definition) is 3. The minimum atomic E-state index is -0.526. The summed E-state index contributed by atoms with van der Waals surface area (Å²) in [5, 5.41) is 4.29. The van der Waals surface area contributed by atoms with Gasteiger partial charge in [-0.05, 0) is 25.7 Å². The molecule has 1 saturated carbocycles. The largest absolute Gasteiger partial charge is 0.334 e. The molecule has 3 rings (SSSR count). The van der Waals surface area contributed by atoms with Gasteiger partial charge >= 0.3 is 5.69 Å². The van der Waals surface area contributed by atoms with Gasteiger partial charge in [-0.25, -0.2) is 9.36 Å². The van der Waals surface area contributed by atoms with E-state index in [1.165, 1.54) is 6.20 Å². The van der Waals surface area contributed by atoms with E-state index < -0.39 is 5.69 Å². The molecule has 0 atom stereocenters. The van der Waals surface area contributed by atoms with E-state index in [4.69, 9.17) is 11.6 Å². The van der Waals surface area contributed by atoms with E-state index >= 15 is 0 Å². The molecular weight excluding hydrogens is 292 g/mol.